The number of amides is 1. The fraction of sp³-hybridized carbons (Fsp3) is 0.733. The van der Waals surface area contributed by atoms with Gasteiger partial charge in [-0.3, -0.25) is 9.48 Å². The predicted molar refractivity (Wildman–Crippen MR) is 86.2 cm³/mol. The Labute approximate surface area is 141 Å². The summed E-state index contributed by atoms with van der Waals surface area (Å²) in [6.45, 7) is 4.77. The monoisotopic (exact) mass is 357 g/mol. The highest BCUT2D eigenvalue weighted by Gasteiger charge is 2.53. The molecular formula is C15H23N3O5S. The van der Waals surface area contributed by atoms with Gasteiger partial charge in [0.15, 0.2) is 9.84 Å². The average Bonchev–Trinajstić information content (AvgIpc) is 2.97. The quantitative estimate of drug-likeness (QED) is 0.719. The Morgan fingerprint density at radius 3 is 2.79 bits per heavy atom. The van der Waals surface area contributed by atoms with Gasteiger partial charge in [-0.25, -0.2) is 8.42 Å². The predicted octanol–water partition coefficient (Wildman–Crippen LogP) is -0.297. The molecule has 2 aliphatic rings. The molecule has 0 saturated carbocycles. The van der Waals surface area contributed by atoms with E-state index in [0.717, 1.165) is 0 Å². The second kappa shape index (κ2) is 6.45. The van der Waals surface area contributed by atoms with Gasteiger partial charge in [-0.05, 0) is 19.9 Å². The minimum absolute atomic E-state index is 0.0152. The highest BCUT2D eigenvalue weighted by atomic mass is 32.2. The smallest absolute Gasteiger partial charge is 0.248 e. The van der Waals surface area contributed by atoms with E-state index in [9.17, 15) is 13.2 Å². The highest BCUT2D eigenvalue weighted by Crippen LogP contribution is 2.33. The molecule has 3 heterocycles. The maximum Gasteiger partial charge on any atom is 0.248 e. The molecule has 1 amide bonds. The zero-order valence-corrected chi connectivity index (χ0v) is 14.7. The summed E-state index contributed by atoms with van der Waals surface area (Å²) in [5.74, 6) is -0.185. The number of carbonyl (C=O) groups excluding carboxylic acids is 1. The largest absolute Gasteiger partial charge is 0.369 e. The molecule has 1 aromatic heterocycles. The molecule has 1 atom stereocenters. The van der Waals surface area contributed by atoms with Crippen molar-refractivity contribution in [1.82, 2.24) is 14.7 Å². The van der Waals surface area contributed by atoms with E-state index in [1.807, 2.05) is 13.8 Å². The first-order chi connectivity index (χ1) is 11.3. The molecule has 24 heavy (non-hydrogen) atoms. The Kier molecular flexibility index (Phi) is 4.67. The number of ether oxygens (including phenoxy) is 2. The lowest BCUT2D eigenvalue weighted by atomic mass is 9.95. The fourth-order valence-electron chi connectivity index (χ4n) is 3.02. The van der Waals surface area contributed by atoms with Crippen LogP contribution in [0.1, 0.15) is 13.8 Å². The van der Waals surface area contributed by atoms with Crippen LogP contribution in [-0.2, 0) is 30.7 Å². The number of rotatable bonds is 5. The minimum Gasteiger partial charge on any atom is -0.369 e. The molecule has 8 nitrogen and oxygen atoms in total. The van der Waals surface area contributed by atoms with E-state index in [-0.39, 0.29) is 37.5 Å². The Hall–Kier alpha value is -1.45. The van der Waals surface area contributed by atoms with Gasteiger partial charge in [-0.15, -0.1) is 0 Å². The SMILES string of the molecule is CC(C)OCC(=O)N1CC2(C1)CS(=O)(=O)[C@@H](Cn1cccn1)CO2. The molecule has 2 fully saturated rings. The number of hydrogen-bond donors (Lipinski definition) is 0. The molecule has 0 aromatic carbocycles. The van der Waals surface area contributed by atoms with Gasteiger partial charge >= 0.3 is 0 Å². The Morgan fingerprint density at radius 2 is 2.21 bits per heavy atom. The van der Waals surface area contributed by atoms with Crippen molar-refractivity contribution in [2.45, 2.75) is 37.3 Å². The van der Waals surface area contributed by atoms with Crippen molar-refractivity contribution in [2.24, 2.45) is 0 Å². The number of sulfone groups is 1. The van der Waals surface area contributed by atoms with Gasteiger partial charge < -0.3 is 14.4 Å². The normalized spacial score (nSPS) is 25.0. The van der Waals surface area contributed by atoms with E-state index >= 15 is 0 Å². The van der Waals surface area contributed by atoms with E-state index in [4.69, 9.17) is 9.47 Å². The summed E-state index contributed by atoms with van der Waals surface area (Å²) in [4.78, 5) is 13.6. The van der Waals surface area contributed by atoms with E-state index < -0.39 is 20.7 Å². The molecule has 134 valence electrons. The lowest BCUT2D eigenvalue weighted by Crippen LogP contribution is -2.71. The lowest BCUT2D eigenvalue weighted by Gasteiger charge is -2.52. The first kappa shape index (κ1) is 17.4. The van der Waals surface area contributed by atoms with Crippen LogP contribution >= 0.6 is 0 Å². The first-order valence-corrected chi connectivity index (χ1v) is 9.74. The second-order valence-corrected chi connectivity index (χ2v) is 9.04. The molecule has 0 radical (unpaired) electrons. The van der Waals surface area contributed by atoms with E-state index in [0.29, 0.717) is 13.1 Å². The Balaban J connectivity index is 1.55. The zero-order valence-electron chi connectivity index (χ0n) is 13.9. The summed E-state index contributed by atoms with van der Waals surface area (Å²) < 4.78 is 37.9. The third kappa shape index (κ3) is 3.62. The van der Waals surface area contributed by atoms with Crippen molar-refractivity contribution in [3.05, 3.63) is 18.5 Å². The van der Waals surface area contributed by atoms with Crippen molar-refractivity contribution < 1.29 is 22.7 Å². The summed E-state index contributed by atoms with van der Waals surface area (Å²) in [6.07, 6.45) is 3.34. The van der Waals surface area contributed by atoms with E-state index in [1.165, 1.54) is 0 Å². The van der Waals surface area contributed by atoms with Gasteiger partial charge in [0.05, 0.1) is 38.1 Å². The molecule has 0 N–H and O–H groups in total. The van der Waals surface area contributed by atoms with Gasteiger partial charge in [-0.1, -0.05) is 0 Å². The van der Waals surface area contributed by atoms with Crippen LogP contribution in [0.2, 0.25) is 0 Å². The molecule has 2 aliphatic heterocycles. The summed E-state index contributed by atoms with van der Waals surface area (Å²) in [6, 6.07) is 1.76. The fourth-order valence-corrected chi connectivity index (χ4v) is 4.91. The third-order valence-electron chi connectivity index (χ3n) is 4.35. The summed E-state index contributed by atoms with van der Waals surface area (Å²) >= 11 is 0. The van der Waals surface area contributed by atoms with Crippen LogP contribution in [0.25, 0.3) is 0 Å². The molecule has 2 saturated heterocycles. The Bertz CT molecular complexity index is 680. The van der Waals surface area contributed by atoms with Crippen LogP contribution < -0.4 is 0 Å². The molecule has 9 heteroatoms. The number of hydrogen-bond acceptors (Lipinski definition) is 6. The third-order valence-corrected chi connectivity index (χ3v) is 6.58. The van der Waals surface area contributed by atoms with Crippen molar-refractivity contribution in [1.29, 1.82) is 0 Å². The van der Waals surface area contributed by atoms with Crippen LogP contribution in [0.4, 0.5) is 0 Å². The number of aromatic nitrogens is 2. The van der Waals surface area contributed by atoms with Gasteiger partial charge in [0.25, 0.3) is 0 Å². The Morgan fingerprint density at radius 1 is 1.46 bits per heavy atom. The maximum atomic E-state index is 12.6. The van der Waals surface area contributed by atoms with Crippen LogP contribution in [0.3, 0.4) is 0 Å². The number of nitrogens with zero attached hydrogens (tertiary/aromatic N) is 3. The number of likely N-dealkylation sites (tertiary alicyclic amines) is 1. The molecule has 0 bridgehead atoms. The van der Waals surface area contributed by atoms with Crippen LogP contribution in [0.15, 0.2) is 18.5 Å². The van der Waals surface area contributed by atoms with E-state index in [1.54, 1.807) is 28.0 Å². The number of carbonyl (C=O) groups is 1. The maximum absolute atomic E-state index is 12.6. The van der Waals surface area contributed by atoms with Gasteiger partial charge in [-0.2, -0.15) is 5.10 Å². The van der Waals surface area contributed by atoms with Crippen LogP contribution in [0.5, 0.6) is 0 Å². The van der Waals surface area contributed by atoms with Crippen molar-refractivity contribution in [3.63, 3.8) is 0 Å². The zero-order chi connectivity index (χ0) is 17.4. The summed E-state index contributed by atoms with van der Waals surface area (Å²) in [7, 11) is -3.30. The van der Waals surface area contributed by atoms with E-state index in [2.05, 4.69) is 5.10 Å². The first-order valence-electron chi connectivity index (χ1n) is 8.02. The molecule has 0 aliphatic carbocycles. The van der Waals surface area contributed by atoms with Crippen molar-refractivity contribution >= 4 is 15.7 Å². The van der Waals surface area contributed by atoms with Crippen LogP contribution in [0, 0.1) is 0 Å². The molecule has 3 rings (SSSR count). The molecular weight excluding hydrogens is 334 g/mol. The minimum atomic E-state index is -3.30. The molecule has 0 unspecified atom stereocenters. The second-order valence-electron chi connectivity index (χ2n) is 6.76. The van der Waals surface area contributed by atoms with Crippen LogP contribution in [-0.4, -0.2) is 78.0 Å². The summed E-state index contributed by atoms with van der Waals surface area (Å²) in [5.41, 5.74) is -0.757. The van der Waals surface area contributed by atoms with Crippen molar-refractivity contribution in [2.75, 3.05) is 32.1 Å². The van der Waals surface area contributed by atoms with Gasteiger partial charge in [0, 0.05) is 12.4 Å². The standard InChI is InChI=1S/C15H23N3O5S/c1-12(2)22-8-14(19)17-9-15(10-17)11-24(20,21)13(7-23-15)6-18-5-3-4-16-18/h3-5,12-13H,6-11H2,1-2H3/t13-/m0/s1. The highest BCUT2D eigenvalue weighted by molar-refractivity contribution is 7.92. The van der Waals surface area contributed by atoms with Gasteiger partial charge in [0.1, 0.15) is 17.5 Å². The average molecular weight is 357 g/mol. The van der Waals surface area contributed by atoms with Gasteiger partial charge in [0.2, 0.25) is 5.91 Å². The molecule has 1 spiro atoms. The summed E-state index contributed by atoms with van der Waals surface area (Å²) in [5, 5.41) is 3.45. The molecule has 1 aromatic rings. The van der Waals surface area contributed by atoms with Crippen molar-refractivity contribution in [3.8, 4) is 0 Å². The lowest BCUT2D eigenvalue weighted by molar-refractivity contribution is -0.170. The topological polar surface area (TPSA) is 90.7 Å².